The molecule has 0 amide bonds. The number of nitrogens with one attached hydrogen (secondary N) is 1. The zero-order valence-corrected chi connectivity index (χ0v) is 9.38. The fourth-order valence-electron chi connectivity index (χ4n) is 1.89. The summed E-state index contributed by atoms with van der Waals surface area (Å²) in [4.78, 5) is 0. The summed E-state index contributed by atoms with van der Waals surface area (Å²) < 4.78 is 2.34. The molecule has 0 aliphatic carbocycles. The summed E-state index contributed by atoms with van der Waals surface area (Å²) in [6.45, 7) is 9.12. The first-order valence-corrected chi connectivity index (χ1v) is 5.42. The van der Waals surface area contributed by atoms with E-state index < -0.39 is 0 Å². The number of aromatic nitrogens is 1. The van der Waals surface area contributed by atoms with Crippen LogP contribution in [0.2, 0.25) is 0 Å². The highest BCUT2D eigenvalue weighted by molar-refractivity contribution is 5.13. The van der Waals surface area contributed by atoms with Crippen molar-refractivity contribution in [3.05, 3.63) is 24.0 Å². The van der Waals surface area contributed by atoms with E-state index in [1.807, 2.05) is 0 Å². The van der Waals surface area contributed by atoms with Crippen LogP contribution < -0.4 is 5.32 Å². The van der Waals surface area contributed by atoms with Crippen molar-refractivity contribution in [2.45, 2.75) is 33.2 Å². The molecule has 1 aliphatic rings. The second-order valence-corrected chi connectivity index (χ2v) is 5.52. The molecule has 14 heavy (non-hydrogen) atoms. The summed E-state index contributed by atoms with van der Waals surface area (Å²) in [7, 11) is 0. The molecule has 0 aromatic carbocycles. The van der Waals surface area contributed by atoms with Crippen molar-refractivity contribution in [2.24, 2.45) is 5.41 Å². The summed E-state index contributed by atoms with van der Waals surface area (Å²) >= 11 is 0. The summed E-state index contributed by atoms with van der Waals surface area (Å²) in [5.41, 5.74) is 1.86. The molecule has 2 heteroatoms. The Labute approximate surface area is 86.3 Å². The maximum Gasteiger partial charge on any atom is 0.0579 e. The molecule has 0 saturated carbocycles. The van der Waals surface area contributed by atoms with E-state index in [-0.39, 0.29) is 0 Å². The molecule has 2 rings (SSSR count). The van der Waals surface area contributed by atoms with Crippen LogP contribution in [0.15, 0.2) is 18.5 Å². The normalized spacial score (nSPS) is 18.2. The predicted octanol–water partition coefficient (Wildman–Crippen LogP) is 2.22. The number of rotatable bonds is 2. The first-order valence-electron chi connectivity index (χ1n) is 5.42. The average Bonchev–Trinajstić information content (AvgIpc) is 2.28. The van der Waals surface area contributed by atoms with Gasteiger partial charge in [0.15, 0.2) is 0 Å². The lowest BCUT2D eigenvalue weighted by molar-refractivity contribution is 0.343. The lowest BCUT2D eigenvalue weighted by atomic mass is 9.89. The minimum absolute atomic E-state index is 0.393. The van der Waals surface area contributed by atoms with Gasteiger partial charge in [-0.15, -0.1) is 0 Å². The minimum Gasteiger partial charge on any atom is -0.348 e. The highest BCUT2D eigenvalue weighted by Crippen LogP contribution is 2.22. The summed E-state index contributed by atoms with van der Waals surface area (Å²) in [5, 5.41) is 3.30. The highest BCUT2D eigenvalue weighted by atomic mass is 15.1. The Hall–Kier alpha value is -0.760. The van der Waals surface area contributed by atoms with Crippen LogP contribution in [0.3, 0.4) is 0 Å². The summed E-state index contributed by atoms with van der Waals surface area (Å²) in [6, 6.07) is 2.95. The van der Waals surface area contributed by atoms with Gasteiger partial charge in [-0.3, -0.25) is 0 Å². The van der Waals surface area contributed by atoms with Crippen molar-refractivity contribution in [1.29, 1.82) is 0 Å². The van der Waals surface area contributed by atoms with Gasteiger partial charge in [0.25, 0.3) is 0 Å². The molecule has 0 unspecified atom stereocenters. The largest absolute Gasteiger partial charge is 0.348 e. The van der Waals surface area contributed by atoms with Gasteiger partial charge < -0.3 is 9.88 Å². The molecule has 1 fully saturated rings. The molecule has 1 aromatic rings. The summed E-state index contributed by atoms with van der Waals surface area (Å²) in [5.74, 6) is 0. The van der Waals surface area contributed by atoms with Crippen LogP contribution in [0.5, 0.6) is 0 Å². The molecular formula is C12H20N2. The van der Waals surface area contributed by atoms with E-state index in [1.165, 1.54) is 12.0 Å². The van der Waals surface area contributed by atoms with Crippen molar-refractivity contribution < 1.29 is 0 Å². The third-order valence-electron chi connectivity index (χ3n) is 2.69. The van der Waals surface area contributed by atoms with E-state index in [0.29, 0.717) is 11.5 Å². The van der Waals surface area contributed by atoms with Crippen molar-refractivity contribution in [3.63, 3.8) is 0 Å². The molecule has 78 valence electrons. The molecule has 1 aliphatic heterocycles. The molecule has 1 N–H and O–H groups in total. The standard InChI is InChI=1S/C12H20N2/c1-12(2,3)6-10-4-5-14(9-10)11-7-13-8-11/h4-5,9,11,13H,6-8H2,1-3H3. The topological polar surface area (TPSA) is 17.0 Å². The Bertz CT molecular complexity index is 302. The molecule has 1 aromatic heterocycles. The van der Waals surface area contributed by atoms with Crippen LogP contribution in [0.25, 0.3) is 0 Å². The Kier molecular flexibility index (Phi) is 2.40. The SMILES string of the molecule is CC(C)(C)Cc1ccn(C2CNC2)c1. The van der Waals surface area contributed by atoms with Crippen LogP contribution in [0.4, 0.5) is 0 Å². The molecule has 2 heterocycles. The van der Waals surface area contributed by atoms with E-state index in [9.17, 15) is 0 Å². The van der Waals surface area contributed by atoms with Gasteiger partial charge in [-0.2, -0.15) is 0 Å². The molecule has 2 nitrogen and oxygen atoms in total. The Morgan fingerprint density at radius 2 is 2.14 bits per heavy atom. The third-order valence-corrected chi connectivity index (χ3v) is 2.69. The predicted molar refractivity (Wildman–Crippen MR) is 59.5 cm³/mol. The number of hydrogen-bond donors (Lipinski definition) is 1. The van der Waals surface area contributed by atoms with Gasteiger partial charge in [-0.05, 0) is 23.5 Å². The average molecular weight is 192 g/mol. The van der Waals surface area contributed by atoms with Crippen LogP contribution in [0.1, 0.15) is 32.4 Å². The van der Waals surface area contributed by atoms with Gasteiger partial charge in [-0.1, -0.05) is 20.8 Å². The zero-order chi connectivity index (χ0) is 10.2. The quantitative estimate of drug-likeness (QED) is 0.760. The van der Waals surface area contributed by atoms with Crippen LogP contribution in [-0.4, -0.2) is 17.7 Å². The highest BCUT2D eigenvalue weighted by Gasteiger charge is 2.19. The maximum atomic E-state index is 3.30. The van der Waals surface area contributed by atoms with Crippen molar-refractivity contribution in [1.82, 2.24) is 9.88 Å². The molecular weight excluding hydrogens is 172 g/mol. The van der Waals surface area contributed by atoms with E-state index in [1.54, 1.807) is 0 Å². The molecule has 0 atom stereocenters. The fourth-order valence-corrected chi connectivity index (χ4v) is 1.89. The maximum absolute atomic E-state index is 3.30. The van der Waals surface area contributed by atoms with Gasteiger partial charge >= 0.3 is 0 Å². The third kappa shape index (κ3) is 2.18. The van der Waals surface area contributed by atoms with Crippen LogP contribution in [-0.2, 0) is 6.42 Å². The first-order chi connectivity index (χ1) is 6.54. The van der Waals surface area contributed by atoms with E-state index in [2.05, 4.69) is 49.1 Å². The van der Waals surface area contributed by atoms with Gasteiger partial charge in [0.1, 0.15) is 0 Å². The monoisotopic (exact) mass is 192 g/mol. The molecule has 1 saturated heterocycles. The Morgan fingerprint density at radius 1 is 1.43 bits per heavy atom. The first kappa shape index (κ1) is 9.78. The van der Waals surface area contributed by atoms with E-state index in [0.717, 1.165) is 13.1 Å². The van der Waals surface area contributed by atoms with E-state index in [4.69, 9.17) is 0 Å². The molecule has 0 spiro atoms. The molecule has 0 radical (unpaired) electrons. The van der Waals surface area contributed by atoms with Crippen LogP contribution >= 0.6 is 0 Å². The fraction of sp³-hybridized carbons (Fsp3) is 0.667. The zero-order valence-electron chi connectivity index (χ0n) is 9.38. The van der Waals surface area contributed by atoms with Crippen molar-refractivity contribution >= 4 is 0 Å². The lowest BCUT2D eigenvalue weighted by Crippen LogP contribution is -2.42. The van der Waals surface area contributed by atoms with Crippen LogP contribution in [0, 0.1) is 5.41 Å². The molecule has 0 bridgehead atoms. The van der Waals surface area contributed by atoms with E-state index >= 15 is 0 Å². The van der Waals surface area contributed by atoms with Crippen molar-refractivity contribution in [3.8, 4) is 0 Å². The smallest absolute Gasteiger partial charge is 0.0579 e. The number of nitrogens with zero attached hydrogens (tertiary/aromatic N) is 1. The second-order valence-electron chi connectivity index (χ2n) is 5.52. The van der Waals surface area contributed by atoms with Gasteiger partial charge in [0, 0.05) is 25.5 Å². The number of hydrogen-bond acceptors (Lipinski definition) is 1. The Balaban J connectivity index is 2.02. The summed E-state index contributed by atoms with van der Waals surface area (Å²) in [6.07, 6.45) is 5.68. The lowest BCUT2D eigenvalue weighted by Gasteiger charge is -2.28. The van der Waals surface area contributed by atoms with Crippen molar-refractivity contribution in [2.75, 3.05) is 13.1 Å². The minimum atomic E-state index is 0.393. The van der Waals surface area contributed by atoms with Gasteiger partial charge in [-0.25, -0.2) is 0 Å². The van der Waals surface area contributed by atoms with Gasteiger partial charge in [0.05, 0.1) is 6.04 Å². The second kappa shape index (κ2) is 3.43. The Morgan fingerprint density at radius 3 is 2.64 bits per heavy atom. The van der Waals surface area contributed by atoms with Gasteiger partial charge in [0.2, 0.25) is 0 Å².